The number of amides is 1. The van der Waals surface area contributed by atoms with Gasteiger partial charge in [0.05, 0.1) is 18.3 Å². The second kappa shape index (κ2) is 8.49. The number of carbonyl (C=O) groups excluding carboxylic acids is 1. The van der Waals surface area contributed by atoms with Crippen LogP contribution in [0.1, 0.15) is 25.5 Å². The third-order valence-electron chi connectivity index (χ3n) is 4.44. The third kappa shape index (κ3) is 5.10. The van der Waals surface area contributed by atoms with Crippen LogP contribution in [0.3, 0.4) is 0 Å². The number of carbonyl (C=O) groups is 1. The van der Waals surface area contributed by atoms with Gasteiger partial charge in [0.15, 0.2) is 23.2 Å². The number of nitrogens with one attached hydrogen (secondary N) is 1. The predicted octanol–water partition coefficient (Wildman–Crippen LogP) is 3.53. The fraction of sp³-hybridized carbons (Fsp3) is 0.389. The van der Waals surface area contributed by atoms with Gasteiger partial charge in [-0.05, 0) is 31.5 Å². The number of alkyl halides is 3. The van der Waals surface area contributed by atoms with Crippen LogP contribution in [0.25, 0.3) is 0 Å². The molecule has 168 valence electrons. The topological polar surface area (TPSA) is 96.8 Å². The molecule has 1 amide bonds. The number of anilines is 2. The number of benzene rings is 1. The second-order valence-corrected chi connectivity index (χ2v) is 6.72. The van der Waals surface area contributed by atoms with E-state index in [-0.39, 0.29) is 18.1 Å². The Labute approximate surface area is 172 Å². The molecule has 2 heterocycles. The van der Waals surface area contributed by atoms with Crippen LogP contribution in [0.15, 0.2) is 24.4 Å². The Morgan fingerprint density at radius 3 is 2.61 bits per heavy atom. The molecule has 31 heavy (non-hydrogen) atoms. The fourth-order valence-corrected chi connectivity index (χ4v) is 2.90. The van der Waals surface area contributed by atoms with E-state index in [4.69, 9.17) is 4.74 Å². The molecule has 2 aromatic rings. The summed E-state index contributed by atoms with van der Waals surface area (Å²) in [5.41, 5.74) is 0.226. The maximum atomic E-state index is 14.3. The molecular weight excluding hydrogens is 431 g/mol. The highest BCUT2D eigenvalue weighted by molar-refractivity contribution is 5.89. The van der Waals surface area contributed by atoms with E-state index in [0.717, 1.165) is 23.2 Å². The number of aromatic nitrogens is 2. The van der Waals surface area contributed by atoms with Gasteiger partial charge in [-0.15, -0.1) is 13.2 Å². The molecule has 0 saturated carbocycles. The quantitative estimate of drug-likeness (QED) is 0.653. The van der Waals surface area contributed by atoms with E-state index in [1.807, 2.05) is 0 Å². The van der Waals surface area contributed by atoms with Crippen molar-refractivity contribution < 1.29 is 41.3 Å². The summed E-state index contributed by atoms with van der Waals surface area (Å²) in [6, 6.07) is 1.28. The standard InChI is InChI=1S/C18H17F5N4O4/c1-8(10-3-4-14(11(19)5-10)31-18(21,22)23)25-16-24-6-12(20)15(26-16)27-13(9(2)28)7-30-17(27)29/h3-6,8-9,13,28H,7H2,1-2H3,(H,24,25,26)/t8-,9+,13?/m0/s1. The first kappa shape index (κ1) is 22.5. The molecule has 1 saturated heterocycles. The van der Waals surface area contributed by atoms with Crippen LogP contribution in [0.4, 0.5) is 38.5 Å². The van der Waals surface area contributed by atoms with Crippen LogP contribution < -0.4 is 15.0 Å². The number of rotatable bonds is 6. The number of halogens is 5. The summed E-state index contributed by atoms with van der Waals surface area (Å²) in [5, 5.41) is 12.5. The van der Waals surface area contributed by atoms with E-state index in [0.29, 0.717) is 0 Å². The molecular formula is C18H17F5N4O4. The summed E-state index contributed by atoms with van der Waals surface area (Å²) in [5.74, 6) is -3.74. The van der Waals surface area contributed by atoms with Gasteiger partial charge in [0.1, 0.15) is 12.6 Å². The first-order valence-corrected chi connectivity index (χ1v) is 8.94. The number of hydrogen-bond acceptors (Lipinski definition) is 7. The molecule has 1 aliphatic heterocycles. The number of hydrogen-bond donors (Lipinski definition) is 2. The smallest absolute Gasteiger partial charge is 0.447 e. The second-order valence-electron chi connectivity index (χ2n) is 6.72. The molecule has 8 nitrogen and oxygen atoms in total. The van der Waals surface area contributed by atoms with Gasteiger partial charge < -0.3 is 19.9 Å². The first-order valence-electron chi connectivity index (χ1n) is 8.94. The number of ether oxygens (including phenoxy) is 2. The van der Waals surface area contributed by atoms with Crippen molar-refractivity contribution in [1.29, 1.82) is 0 Å². The van der Waals surface area contributed by atoms with Crippen molar-refractivity contribution in [3.63, 3.8) is 0 Å². The Morgan fingerprint density at radius 1 is 1.29 bits per heavy atom. The van der Waals surface area contributed by atoms with Gasteiger partial charge in [0.2, 0.25) is 5.95 Å². The summed E-state index contributed by atoms with van der Waals surface area (Å²) in [6.45, 7) is 2.78. The zero-order valence-corrected chi connectivity index (χ0v) is 16.2. The molecule has 1 aliphatic rings. The molecule has 0 aliphatic carbocycles. The maximum Gasteiger partial charge on any atom is 0.573 e. The normalized spacial score (nSPS) is 18.5. The van der Waals surface area contributed by atoms with Crippen molar-refractivity contribution in [2.24, 2.45) is 0 Å². The summed E-state index contributed by atoms with van der Waals surface area (Å²) in [4.78, 5) is 20.5. The Bertz CT molecular complexity index is 972. The lowest BCUT2D eigenvalue weighted by Crippen LogP contribution is -2.42. The molecule has 2 N–H and O–H groups in total. The lowest BCUT2D eigenvalue weighted by Gasteiger charge is -2.23. The van der Waals surface area contributed by atoms with Crippen molar-refractivity contribution >= 4 is 17.9 Å². The van der Waals surface area contributed by atoms with Crippen molar-refractivity contribution in [2.75, 3.05) is 16.8 Å². The van der Waals surface area contributed by atoms with E-state index < -0.39 is 53.8 Å². The molecule has 1 aromatic carbocycles. The van der Waals surface area contributed by atoms with E-state index in [9.17, 15) is 31.9 Å². The summed E-state index contributed by atoms with van der Waals surface area (Å²) in [7, 11) is 0. The monoisotopic (exact) mass is 448 g/mol. The van der Waals surface area contributed by atoms with Crippen LogP contribution >= 0.6 is 0 Å². The lowest BCUT2D eigenvalue weighted by molar-refractivity contribution is -0.275. The van der Waals surface area contributed by atoms with Gasteiger partial charge in [0.25, 0.3) is 0 Å². The maximum absolute atomic E-state index is 14.3. The number of nitrogens with zero attached hydrogens (tertiary/aromatic N) is 3. The van der Waals surface area contributed by atoms with Crippen LogP contribution in [-0.4, -0.2) is 46.3 Å². The van der Waals surface area contributed by atoms with Crippen molar-refractivity contribution in [3.05, 3.63) is 41.6 Å². The highest BCUT2D eigenvalue weighted by Gasteiger charge is 2.40. The zero-order valence-electron chi connectivity index (χ0n) is 16.2. The molecule has 3 rings (SSSR count). The number of aliphatic hydroxyl groups excluding tert-OH is 1. The molecule has 1 unspecified atom stereocenters. The average molecular weight is 448 g/mol. The predicted molar refractivity (Wildman–Crippen MR) is 96.4 cm³/mol. The minimum absolute atomic E-state index is 0.149. The van der Waals surface area contributed by atoms with Crippen molar-refractivity contribution in [3.8, 4) is 5.75 Å². The first-order chi connectivity index (χ1) is 14.5. The van der Waals surface area contributed by atoms with Gasteiger partial charge in [-0.1, -0.05) is 6.07 Å². The summed E-state index contributed by atoms with van der Waals surface area (Å²) >= 11 is 0. The van der Waals surface area contributed by atoms with Crippen LogP contribution in [0.5, 0.6) is 5.75 Å². The van der Waals surface area contributed by atoms with Gasteiger partial charge in [-0.25, -0.2) is 23.5 Å². The van der Waals surface area contributed by atoms with Crippen LogP contribution in [-0.2, 0) is 4.74 Å². The minimum atomic E-state index is -5.04. The highest BCUT2D eigenvalue weighted by Crippen LogP contribution is 2.30. The molecule has 13 heteroatoms. The average Bonchev–Trinajstić information content (AvgIpc) is 3.05. The van der Waals surface area contributed by atoms with Gasteiger partial charge in [0, 0.05) is 0 Å². The number of aliphatic hydroxyl groups is 1. The van der Waals surface area contributed by atoms with Gasteiger partial charge >= 0.3 is 12.5 Å². The Kier molecular flexibility index (Phi) is 6.15. The SMILES string of the molecule is C[C@H](Nc1ncc(F)c(N2C(=O)OCC2[C@@H](C)O)n1)c1ccc(OC(F)(F)F)c(F)c1. The largest absolute Gasteiger partial charge is 0.573 e. The molecule has 3 atom stereocenters. The van der Waals surface area contributed by atoms with Crippen LogP contribution in [0.2, 0.25) is 0 Å². The molecule has 0 radical (unpaired) electrons. The minimum Gasteiger partial charge on any atom is -0.447 e. The van der Waals surface area contributed by atoms with E-state index in [2.05, 4.69) is 20.0 Å². The zero-order chi connectivity index (χ0) is 22.9. The number of cyclic esters (lactones) is 1. The Hall–Kier alpha value is -3.22. The van der Waals surface area contributed by atoms with Crippen molar-refractivity contribution in [1.82, 2.24) is 9.97 Å². The fourth-order valence-electron chi connectivity index (χ4n) is 2.90. The van der Waals surface area contributed by atoms with Gasteiger partial charge in [-0.2, -0.15) is 4.98 Å². The third-order valence-corrected chi connectivity index (χ3v) is 4.44. The summed E-state index contributed by atoms with van der Waals surface area (Å²) < 4.78 is 73.5. The Morgan fingerprint density at radius 2 is 2.00 bits per heavy atom. The Balaban J connectivity index is 1.81. The molecule has 1 fully saturated rings. The summed E-state index contributed by atoms with van der Waals surface area (Å²) in [6.07, 6.45) is -6.17. The van der Waals surface area contributed by atoms with Crippen molar-refractivity contribution in [2.45, 2.75) is 38.4 Å². The van der Waals surface area contributed by atoms with Gasteiger partial charge in [-0.3, -0.25) is 0 Å². The van der Waals surface area contributed by atoms with E-state index in [1.165, 1.54) is 19.9 Å². The molecule has 0 spiro atoms. The highest BCUT2D eigenvalue weighted by atomic mass is 19.4. The van der Waals surface area contributed by atoms with E-state index >= 15 is 0 Å². The lowest BCUT2D eigenvalue weighted by atomic mass is 10.1. The van der Waals surface area contributed by atoms with E-state index in [1.54, 1.807) is 0 Å². The molecule has 1 aromatic heterocycles. The van der Waals surface area contributed by atoms with Crippen LogP contribution in [0, 0.1) is 11.6 Å². The molecule has 0 bridgehead atoms.